The Kier molecular flexibility index (Phi) is 9.16. The molecule has 0 amide bonds. The molecule has 84 valence electrons. The minimum absolute atomic E-state index is 0.602. The molecule has 0 aromatic rings. The highest BCUT2D eigenvalue weighted by Crippen LogP contribution is 2.12. The van der Waals surface area contributed by atoms with Gasteiger partial charge in [0.05, 0.1) is 0 Å². The Balaban J connectivity index is 3.09. The summed E-state index contributed by atoms with van der Waals surface area (Å²) in [6.45, 7) is 2.20. The van der Waals surface area contributed by atoms with Crippen molar-refractivity contribution in [2.45, 2.75) is 63.7 Å². The van der Waals surface area contributed by atoms with Crippen molar-refractivity contribution in [1.82, 2.24) is 0 Å². The number of carboxylic acids is 1. The second-order valence-corrected chi connectivity index (χ2v) is 4.24. The minimum Gasteiger partial charge on any atom is -0.480 e. The molecule has 0 aromatic heterocycles. The summed E-state index contributed by atoms with van der Waals surface area (Å²) in [5.74, 6) is -0.891. The lowest BCUT2D eigenvalue weighted by Gasteiger charge is -2.03. The van der Waals surface area contributed by atoms with Gasteiger partial charge in [0, 0.05) is 0 Å². The van der Waals surface area contributed by atoms with E-state index in [-0.39, 0.29) is 0 Å². The van der Waals surface area contributed by atoms with Gasteiger partial charge in [-0.2, -0.15) is 0 Å². The van der Waals surface area contributed by atoms with E-state index < -0.39 is 11.3 Å². The molecule has 0 aliphatic heterocycles. The fraction of sp³-hybridized carbons (Fsp3) is 0.909. The van der Waals surface area contributed by atoms with Crippen molar-refractivity contribution >= 4 is 17.6 Å². The summed E-state index contributed by atoms with van der Waals surface area (Å²) in [6, 6.07) is 0. The van der Waals surface area contributed by atoms with Crippen LogP contribution >= 0.6 is 11.6 Å². The first-order valence-electron chi connectivity index (χ1n) is 5.55. The molecule has 0 spiro atoms. The lowest BCUT2D eigenvalue weighted by atomic mass is 10.1. The number of hydrogen-bond donors (Lipinski definition) is 1. The molecule has 0 heterocycles. The summed E-state index contributed by atoms with van der Waals surface area (Å²) < 4.78 is 0. The summed E-state index contributed by atoms with van der Waals surface area (Å²) in [6.07, 6.45) is 9.02. The Labute approximate surface area is 91.6 Å². The first-order chi connectivity index (χ1) is 6.68. The van der Waals surface area contributed by atoms with Crippen molar-refractivity contribution in [2.24, 2.45) is 0 Å². The molecule has 14 heavy (non-hydrogen) atoms. The number of hydrogen-bond acceptors (Lipinski definition) is 1. The minimum atomic E-state index is -0.891. The Morgan fingerprint density at radius 3 is 2.14 bits per heavy atom. The molecule has 3 heteroatoms. The summed E-state index contributed by atoms with van der Waals surface area (Å²) in [5.41, 5.74) is 0. The summed E-state index contributed by atoms with van der Waals surface area (Å²) in [5, 5.41) is 7.83. The van der Waals surface area contributed by atoms with Crippen LogP contribution in [-0.2, 0) is 4.79 Å². The number of carboxylic acid groups (broad SMARTS) is 1. The summed E-state index contributed by atoms with van der Waals surface area (Å²) in [7, 11) is 0. The van der Waals surface area contributed by atoms with Crippen LogP contribution in [0.1, 0.15) is 58.3 Å². The van der Waals surface area contributed by atoms with Crippen LogP contribution in [0.5, 0.6) is 0 Å². The zero-order valence-corrected chi connectivity index (χ0v) is 9.72. The van der Waals surface area contributed by atoms with Crippen LogP contribution in [-0.4, -0.2) is 16.5 Å². The quantitative estimate of drug-likeness (QED) is 0.474. The van der Waals surface area contributed by atoms with Crippen molar-refractivity contribution in [3.8, 4) is 0 Å². The van der Waals surface area contributed by atoms with Crippen LogP contribution in [0.4, 0.5) is 0 Å². The third-order valence-electron chi connectivity index (χ3n) is 2.33. The fourth-order valence-corrected chi connectivity index (χ4v) is 1.56. The van der Waals surface area contributed by atoms with E-state index in [1.54, 1.807) is 0 Å². The zero-order chi connectivity index (χ0) is 10.8. The molecule has 2 nitrogen and oxygen atoms in total. The number of halogens is 1. The zero-order valence-electron chi connectivity index (χ0n) is 8.97. The van der Waals surface area contributed by atoms with Gasteiger partial charge in [0.25, 0.3) is 0 Å². The van der Waals surface area contributed by atoms with Crippen molar-refractivity contribution in [1.29, 1.82) is 0 Å². The monoisotopic (exact) mass is 220 g/mol. The van der Waals surface area contributed by atoms with Gasteiger partial charge in [0.1, 0.15) is 5.38 Å². The third-order valence-corrected chi connectivity index (χ3v) is 2.73. The molecule has 0 saturated carbocycles. The van der Waals surface area contributed by atoms with E-state index in [9.17, 15) is 4.79 Å². The highest BCUT2D eigenvalue weighted by molar-refractivity contribution is 6.29. The molecule has 0 rings (SSSR count). The SMILES string of the molecule is CCCCCCCCCC(Cl)C(=O)O. The largest absolute Gasteiger partial charge is 0.480 e. The van der Waals surface area contributed by atoms with Gasteiger partial charge in [-0.1, -0.05) is 51.9 Å². The fourth-order valence-electron chi connectivity index (χ4n) is 1.40. The van der Waals surface area contributed by atoms with Crippen LogP contribution in [0.15, 0.2) is 0 Å². The van der Waals surface area contributed by atoms with Gasteiger partial charge in [0.2, 0.25) is 0 Å². The molecule has 0 aliphatic carbocycles. The molecule has 0 bridgehead atoms. The first-order valence-corrected chi connectivity index (χ1v) is 5.99. The topological polar surface area (TPSA) is 37.3 Å². The molecule has 0 saturated heterocycles. The molecule has 1 unspecified atom stereocenters. The predicted molar refractivity (Wildman–Crippen MR) is 59.9 cm³/mol. The Hall–Kier alpha value is -0.240. The van der Waals surface area contributed by atoms with Gasteiger partial charge < -0.3 is 5.11 Å². The number of alkyl halides is 1. The van der Waals surface area contributed by atoms with Crippen LogP contribution in [0.2, 0.25) is 0 Å². The van der Waals surface area contributed by atoms with E-state index in [1.807, 2.05) is 0 Å². The lowest BCUT2D eigenvalue weighted by Crippen LogP contribution is -2.12. The van der Waals surface area contributed by atoms with Gasteiger partial charge in [-0.25, -0.2) is 0 Å². The Morgan fingerprint density at radius 2 is 1.64 bits per heavy atom. The molecule has 1 N–H and O–H groups in total. The predicted octanol–water partition coefficient (Wildman–Crippen LogP) is 3.82. The maximum atomic E-state index is 10.4. The van der Waals surface area contributed by atoms with Crippen molar-refractivity contribution in [3.63, 3.8) is 0 Å². The normalized spacial score (nSPS) is 12.7. The summed E-state index contributed by atoms with van der Waals surface area (Å²) in [4.78, 5) is 10.4. The van der Waals surface area contributed by atoms with E-state index in [0.717, 1.165) is 12.8 Å². The van der Waals surface area contributed by atoms with Crippen molar-refractivity contribution < 1.29 is 9.90 Å². The van der Waals surface area contributed by atoms with Crippen LogP contribution in [0.25, 0.3) is 0 Å². The molecule has 0 aromatic carbocycles. The standard InChI is InChI=1S/C11H21ClO2/c1-2-3-4-5-6-7-8-9-10(12)11(13)14/h10H,2-9H2,1H3,(H,13,14). The van der Waals surface area contributed by atoms with Gasteiger partial charge in [-0.15, -0.1) is 11.6 Å². The second-order valence-electron chi connectivity index (χ2n) is 3.72. The van der Waals surface area contributed by atoms with E-state index in [0.29, 0.717) is 6.42 Å². The molecular weight excluding hydrogens is 200 g/mol. The number of rotatable bonds is 9. The average Bonchev–Trinajstić information content (AvgIpc) is 2.16. The average molecular weight is 221 g/mol. The van der Waals surface area contributed by atoms with Crippen molar-refractivity contribution in [2.75, 3.05) is 0 Å². The van der Waals surface area contributed by atoms with Crippen LogP contribution in [0.3, 0.4) is 0 Å². The van der Waals surface area contributed by atoms with Gasteiger partial charge in [0.15, 0.2) is 0 Å². The lowest BCUT2D eigenvalue weighted by molar-refractivity contribution is -0.136. The van der Waals surface area contributed by atoms with E-state index in [1.165, 1.54) is 32.1 Å². The van der Waals surface area contributed by atoms with Crippen molar-refractivity contribution in [3.05, 3.63) is 0 Å². The van der Waals surface area contributed by atoms with E-state index in [2.05, 4.69) is 6.92 Å². The summed E-state index contributed by atoms with van der Waals surface area (Å²) >= 11 is 5.58. The van der Waals surface area contributed by atoms with Gasteiger partial charge in [-0.3, -0.25) is 4.79 Å². The highest BCUT2D eigenvalue weighted by Gasteiger charge is 2.11. The van der Waals surface area contributed by atoms with E-state index in [4.69, 9.17) is 16.7 Å². The molecule has 0 radical (unpaired) electrons. The number of unbranched alkanes of at least 4 members (excludes halogenated alkanes) is 6. The first kappa shape index (κ1) is 13.8. The van der Waals surface area contributed by atoms with E-state index >= 15 is 0 Å². The molecular formula is C11H21ClO2. The smallest absolute Gasteiger partial charge is 0.321 e. The Bertz CT molecular complexity index is 148. The van der Waals surface area contributed by atoms with Gasteiger partial charge in [-0.05, 0) is 6.42 Å². The number of aliphatic carboxylic acids is 1. The Morgan fingerprint density at radius 1 is 1.14 bits per heavy atom. The van der Waals surface area contributed by atoms with Crippen LogP contribution < -0.4 is 0 Å². The molecule has 0 aliphatic rings. The highest BCUT2D eigenvalue weighted by atomic mass is 35.5. The maximum absolute atomic E-state index is 10.4. The second kappa shape index (κ2) is 9.32. The third kappa shape index (κ3) is 8.36. The molecule has 0 fully saturated rings. The number of carbonyl (C=O) groups is 1. The maximum Gasteiger partial charge on any atom is 0.321 e. The van der Waals surface area contributed by atoms with Crippen LogP contribution in [0, 0.1) is 0 Å². The molecule has 1 atom stereocenters. The van der Waals surface area contributed by atoms with Gasteiger partial charge >= 0.3 is 5.97 Å².